The van der Waals surface area contributed by atoms with E-state index < -0.39 is 17.6 Å². The van der Waals surface area contributed by atoms with Gasteiger partial charge in [-0.3, -0.25) is 9.59 Å². The summed E-state index contributed by atoms with van der Waals surface area (Å²) in [5.74, 6) is -1.58. The molecule has 1 unspecified atom stereocenters. The molecular weight excluding hydrogens is 226 g/mol. The van der Waals surface area contributed by atoms with Crippen molar-refractivity contribution < 1.29 is 14.7 Å². The number of aromatic carboxylic acids is 1. The average Bonchev–Trinajstić information content (AvgIpc) is 2.27. The molecule has 0 saturated carbocycles. The van der Waals surface area contributed by atoms with Gasteiger partial charge in [0.05, 0.1) is 0 Å². The van der Waals surface area contributed by atoms with Gasteiger partial charge >= 0.3 is 5.97 Å². The summed E-state index contributed by atoms with van der Waals surface area (Å²) in [4.78, 5) is 35.2. The van der Waals surface area contributed by atoms with Crippen LogP contribution in [0.25, 0.3) is 0 Å². The van der Waals surface area contributed by atoms with Gasteiger partial charge in [0, 0.05) is 20.2 Å². The minimum Gasteiger partial charge on any atom is -0.476 e. The number of likely N-dealkylation sites (N-methyl/N-ethyl adjacent to an activating group) is 1. The molecular formula is C10H13N3O4. The molecule has 1 amide bonds. The van der Waals surface area contributed by atoms with E-state index in [9.17, 15) is 14.4 Å². The smallest absolute Gasteiger partial charge is 0.356 e. The lowest BCUT2D eigenvalue weighted by atomic mass is 10.3. The van der Waals surface area contributed by atoms with E-state index >= 15 is 0 Å². The summed E-state index contributed by atoms with van der Waals surface area (Å²) in [6.45, 7) is 1.49. The fourth-order valence-electron chi connectivity index (χ4n) is 1.30. The van der Waals surface area contributed by atoms with Gasteiger partial charge in [-0.25, -0.2) is 9.48 Å². The molecule has 0 aliphatic heterocycles. The highest BCUT2D eigenvalue weighted by Gasteiger charge is 2.20. The molecule has 0 aliphatic rings. The number of carbonyl (C=O) groups is 2. The minimum absolute atomic E-state index is 0.275. The lowest BCUT2D eigenvalue weighted by Crippen LogP contribution is -2.36. The summed E-state index contributed by atoms with van der Waals surface area (Å²) >= 11 is 0. The van der Waals surface area contributed by atoms with E-state index in [1.54, 1.807) is 14.1 Å². The standard InChI is InChI=1S/C10H13N3O4/c1-6(9(15)12(2)3)13-8(14)5-4-7(11-13)10(16)17/h4-6H,1-3H3,(H,16,17). The molecule has 0 aliphatic carbocycles. The van der Waals surface area contributed by atoms with Gasteiger partial charge in [-0.2, -0.15) is 5.10 Å². The van der Waals surface area contributed by atoms with Crippen molar-refractivity contribution in [2.75, 3.05) is 14.1 Å². The van der Waals surface area contributed by atoms with Crippen molar-refractivity contribution >= 4 is 11.9 Å². The molecule has 0 bridgehead atoms. The van der Waals surface area contributed by atoms with Crippen molar-refractivity contribution in [3.8, 4) is 0 Å². The lowest BCUT2D eigenvalue weighted by Gasteiger charge is -2.17. The predicted octanol–water partition coefficient (Wildman–Crippen LogP) is -0.409. The van der Waals surface area contributed by atoms with Crippen molar-refractivity contribution in [1.82, 2.24) is 14.7 Å². The van der Waals surface area contributed by atoms with Gasteiger partial charge in [-0.1, -0.05) is 0 Å². The molecule has 0 radical (unpaired) electrons. The van der Waals surface area contributed by atoms with Gasteiger partial charge in [-0.15, -0.1) is 0 Å². The molecule has 17 heavy (non-hydrogen) atoms. The summed E-state index contributed by atoms with van der Waals surface area (Å²) in [6.07, 6.45) is 0. The molecule has 1 rings (SSSR count). The molecule has 0 aromatic carbocycles. The van der Waals surface area contributed by atoms with E-state index in [4.69, 9.17) is 5.11 Å². The van der Waals surface area contributed by atoms with Gasteiger partial charge in [0.25, 0.3) is 5.56 Å². The Hall–Kier alpha value is -2.18. The molecule has 0 spiro atoms. The van der Waals surface area contributed by atoms with Gasteiger partial charge in [0.15, 0.2) is 5.69 Å². The van der Waals surface area contributed by atoms with Crippen molar-refractivity contribution in [3.63, 3.8) is 0 Å². The first-order valence-electron chi connectivity index (χ1n) is 4.89. The zero-order valence-corrected chi connectivity index (χ0v) is 9.75. The third-order valence-electron chi connectivity index (χ3n) is 2.21. The molecule has 1 aromatic rings. The summed E-state index contributed by atoms with van der Waals surface area (Å²) < 4.78 is 0.867. The van der Waals surface area contributed by atoms with Crippen LogP contribution >= 0.6 is 0 Å². The van der Waals surface area contributed by atoms with Crippen LogP contribution in [0.4, 0.5) is 0 Å². The van der Waals surface area contributed by atoms with Crippen LogP contribution in [0.3, 0.4) is 0 Å². The summed E-state index contributed by atoms with van der Waals surface area (Å²) in [5.41, 5.74) is -0.791. The first-order chi connectivity index (χ1) is 7.84. The Morgan fingerprint density at radius 1 is 1.41 bits per heavy atom. The second-order valence-electron chi connectivity index (χ2n) is 3.72. The molecule has 7 nitrogen and oxygen atoms in total. The minimum atomic E-state index is -1.25. The topological polar surface area (TPSA) is 92.5 Å². The molecule has 92 valence electrons. The number of hydrogen-bond donors (Lipinski definition) is 1. The number of carbonyl (C=O) groups excluding carboxylic acids is 1. The van der Waals surface area contributed by atoms with E-state index in [2.05, 4.69) is 5.10 Å². The van der Waals surface area contributed by atoms with E-state index in [1.807, 2.05) is 0 Å². The van der Waals surface area contributed by atoms with Crippen LogP contribution in [-0.4, -0.2) is 45.8 Å². The molecule has 1 aromatic heterocycles. The van der Waals surface area contributed by atoms with Crippen LogP contribution in [0.1, 0.15) is 23.5 Å². The molecule has 1 atom stereocenters. The molecule has 0 saturated heterocycles. The zero-order chi connectivity index (χ0) is 13.2. The Bertz CT molecular complexity index is 507. The van der Waals surface area contributed by atoms with Crippen LogP contribution in [0.15, 0.2) is 16.9 Å². The summed E-state index contributed by atoms with van der Waals surface area (Å²) in [5, 5.41) is 12.4. The molecule has 1 heterocycles. The first kappa shape index (κ1) is 12.9. The Labute approximate surface area is 97.3 Å². The number of carboxylic acid groups (broad SMARTS) is 1. The normalized spacial score (nSPS) is 11.9. The number of hydrogen-bond acceptors (Lipinski definition) is 4. The average molecular weight is 239 g/mol. The molecule has 1 N–H and O–H groups in total. The number of nitrogens with zero attached hydrogens (tertiary/aromatic N) is 3. The maximum Gasteiger partial charge on any atom is 0.356 e. The second-order valence-corrected chi connectivity index (χ2v) is 3.72. The Kier molecular flexibility index (Phi) is 3.62. The van der Waals surface area contributed by atoms with Crippen molar-refractivity contribution in [1.29, 1.82) is 0 Å². The van der Waals surface area contributed by atoms with E-state index in [-0.39, 0.29) is 11.6 Å². The second kappa shape index (κ2) is 4.77. The van der Waals surface area contributed by atoms with E-state index in [0.717, 1.165) is 16.8 Å². The highest BCUT2D eigenvalue weighted by atomic mass is 16.4. The quantitative estimate of drug-likeness (QED) is 0.774. The van der Waals surface area contributed by atoms with Gasteiger partial charge < -0.3 is 10.0 Å². The number of carboxylic acids is 1. The fourth-order valence-corrected chi connectivity index (χ4v) is 1.30. The van der Waals surface area contributed by atoms with Crippen LogP contribution in [0.5, 0.6) is 0 Å². The monoisotopic (exact) mass is 239 g/mol. The highest BCUT2D eigenvalue weighted by molar-refractivity contribution is 5.85. The van der Waals surface area contributed by atoms with Crippen molar-refractivity contribution in [2.24, 2.45) is 0 Å². The fraction of sp³-hybridized carbons (Fsp3) is 0.400. The molecule has 0 fully saturated rings. The number of rotatable bonds is 3. The summed E-state index contributed by atoms with van der Waals surface area (Å²) in [6, 6.07) is 1.35. The third kappa shape index (κ3) is 2.68. The molecule has 7 heteroatoms. The first-order valence-corrected chi connectivity index (χ1v) is 4.89. The number of amides is 1. The Morgan fingerprint density at radius 2 is 2.00 bits per heavy atom. The summed E-state index contributed by atoms with van der Waals surface area (Å²) in [7, 11) is 3.09. The predicted molar refractivity (Wildman–Crippen MR) is 58.9 cm³/mol. The SMILES string of the molecule is CC(C(=O)N(C)C)n1nc(C(=O)O)ccc1=O. The maximum atomic E-state index is 11.7. The van der Waals surface area contributed by atoms with E-state index in [1.165, 1.54) is 11.8 Å². The number of aromatic nitrogens is 2. The lowest BCUT2D eigenvalue weighted by molar-refractivity contribution is -0.132. The zero-order valence-electron chi connectivity index (χ0n) is 9.75. The van der Waals surface area contributed by atoms with Crippen LogP contribution in [-0.2, 0) is 4.79 Å². The largest absolute Gasteiger partial charge is 0.476 e. The van der Waals surface area contributed by atoms with Gasteiger partial charge in [-0.05, 0) is 13.0 Å². The highest BCUT2D eigenvalue weighted by Crippen LogP contribution is 2.04. The van der Waals surface area contributed by atoms with Crippen LogP contribution < -0.4 is 5.56 Å². The maximum absolute atomic E-state index is 11.7. The van der Waals surface area contributed by atoms with Crippen molar-refractivity contribution in [2.45, 2.75) is 13.0 Å². The van der Waals surface area contributed by atoms with Crippen molar-refractivity contribution in [3.05, 3.63) is 28.2 Å². The van der Waals surface area contributed by atoms with Crippen LogP contribution in [0.2, 0.25) is 0 Å². The Morgan fingerprint density at radius 3 is 2.47 bits per heavy atom. The van der Waals surface area contributed by atoms with Crippen LogP contribution in [0, 0.1) is 0 Å². The van der Waals surface area contributed by atoms with E-state index in [0.29, 0.717) is 0 Å². The van der Waals surface area contributed by atoms with Gasteiger partial charge in [0.2, 0.25) is 5.91 Å². The third-order valence-corrected chi connectivity index (χ3v) is 2.21. The van der Waals surface area contributed by atoms with Gasteiger partial charge in [0.1, 0.15) is 6.04 Å². The Balaban J connectivity index is 3.21.